The number of carbonyl (C=O) groups excluding carboxylic acids is 3. The average Bonchev–Trinajstić information content (AvgIpc) is 3.35. The molecule has 2 N–H and O–H groups in total. The van der Waals surface area contributed by atoms with E-state index in [1.54, 1.807) is 17.0 Å². The smallest absolute Gasteiger partial charge is 0.251 e. The maximum absolute atomic E-state index is 12.3. The topological polar surface area (TPSA) is 78.5 Å². The molecule has 6 heteroatoms. The summed E-state index contributed by atoms with van der Waals surface area (Å²) in [7, 11) is 0. The third-order valence-electron chi connectivity index (χ3n) is 4.51. The predicted octanol–water partition coefficient (Wildman–Crippen LogP) is 0.934. The van der Waals surface area contributed by atoms with E-state index < -0.39 is 0 Å². The fourth-order valence-corrected chi connectivity index (χ4v) is 3.04. The maximum Gasteiger partial charge on any atom is 0.251 e. The van der Waals surface area contributed by atoms with Crippen molar-refractivity contribution in [3.8, 4) is 0 Å². The number of nitrogens with one attached hydrogen (secondary N) is 2. The molecule has 1 saturated carbocycles. The van der Waals surface area contributed by atoms with Crippen LogP contribution in [0.5, 0.6) is 0 Å². The first-order valence-electron chi connectivity index (χ1n) is 8.58. The van der Waals surface area contributed by atoms with Gasteiger partial charge in [-0.25, -0.2) is 0 Å². The Bertz CT molecular complexity index is 613. The van der Waals surface area contributed by atoms with Crippen molar-refractivity contribution in [3.63, 3.8) is 0 Å². The lowest BCUT2D eigenvalue weighted by Gasteiger charge is -2.24. The number of rotatable bonds is 6. The van der Waals surface area contributed by atoms with Gasteiger partial charge >= 0.3 is 0 Å². The van der Waals surface area contributed by atoms with Crippen LogP contribution in [0.4, 0.5) is 0 Å². The molecule has 0 aromatic heterocycles. The zero-order valence-electron chi connectivity index (χ0n) is 13.7. The van der Waals surface area contributed by atoms with Gasteiger partial charge in [-0.1, -0.05) is 18.2 Å². The first kappa shape index (κ1) is 16.5. The van der Waals surface area contributed by atoms with Crippen LogP contribution in [0.3, 0.4) is 0 Å². The molecule has 3 rings (SSSR count). The first-order valence-corrected chi connectivity index (χ1v) is 8.58. The van der Waals surface area contributed by atoms with Crippen molar-refractivity contribution >= 4 is 17.7 Å². The Hall–Kier alpha value is -2.37. The SMILES string of the molecule is O=C(NCCNC(=O)[C@H]1CCCN1C(=O)C1CC1)c1ccccc1. The minimum absolute atomic E-state index is 0.115. The molecule has 0 bridgehead atoms. The molecular weight excluding hydrogens is 306 g/mol. The van der Waals surface area contributed by atoms with Gasteiger partial charge in [0.25, 0.3) is 5.91 Å². The van der Waals surface area contributed by atoms with Crippen LogP contribution < -0.4 is 10.6 Å². The fourth-order valence-electron chi connectivity index (χ4n) is 3.04. The zero-order chi connectivity index (χ0) is 16.9. The highest BCUT2D eigenvalue weighted by atomic mass is 16.2. The Kier molecular flexibility index (Phi) is 5.13. The van der Waals surface area contributed by atoms with Crippen LogP contribution in [-0.2, 0) is 9.59 Å². The van der Waals surface area contributed by atoms with Gasteiger partial charge in [0.2, 0.25) is 11.8 Å². The number of carbonyl (C=O) groups is 3. The molecule has 1 atom stereocenters. The summed E-state index contributed by atoms with van der Waals surface area (Å²) in [6.07, 6.45) is 3.51. The fraction of sp³-hybridized carbons (Fsp3) is 0.500. The molecule has 1 aromatic carbocycles. The lowest BCUT2D eigenvalue weighted by molar-refractivity contribution is -0.139. The maximum atomic E-state index is 12.3. The van der Waals surface area contributed by atoms with Crippen LogP contribution in [0.15, 0.2) is 30.3 Å². The van der Waals surface area contributed by atoms with Crippen LogP contribution >= 0.6 is 0 Å². The second-order valence-corrected chi connectivity index (χ2v) is 6.38. The van der Waals surface area contributed by atoms with Gasteiger partial charge in [0, 0.05) is 31.1 Å². The van der Waals surface area contributed by atoms with Gasteiger partial charge in [-0.3, -0.25) is 14.4 Å². The summed E-state index contributed by atoms with van der Waals surface area (Å²) >= 11 is 0. The number of likely N-dealkylation sites (tertiary alicyclic amines) is 1. The molecule has 0 unspecified atom stereocenters. The Labute approximate surface area is 141 Å². The van der Waals surface area contributed by atoms with Gasteiger partial charge in [0.15, 0.2) is 0 Å². The standard InChI is InChI=1S/C18H23N3O3/c22-16(13-5-2-1-3-6-13)19-10-11-20-17(23)15-7-4-12-21(15)18(24)14-8-9-14/h1-3,5-6,14-15H,4,7-12H2,(H,19,22)(H,20,23)/t15-/m1/s1. The summed E-state index contributed by atoms with van der Waals surface area (Å²) in [5.74, 6) is 0.000282. The minimum Gasteiger partial charge on any atom is -0.353 e. The van der Waals surface area contributed by atoms with Gasteiger partial charge in [0.05, 0.1) is 0 Å². The summed E-state index contributed by atoms with van der Waals surface area (Å²) in [4.78, 5) is 38.1. The van der Waals surface area contributed by atoms with Crippen LogP contribution in [0.1, 0.15) is 36.0 Å². The Morgan fingerprint density at radius 1 is 1.00 bits per heavy atom. The lowest BCUT2D eigenvalue weighted by Crippen LogP contribution is -2.47. The van der Waals surface area contributed by atoms with Crippen molar-refractivity contribution in [1.82, 2.24) is 15.5 Å². The van der Waals surface area contributed by atoms with Gasteiger partial charge in [-0.15, -0.1) is 0 Å². The highest BCUT2D eigenvalue weighted by Crippen LogP contribution is 2.33. The number of nitrogens with zero attached hydrogens (tertiary/aromatic N) is 1. The van der Waals surface area contributed by atoms with Gasteiger partial charge in [-0.2, -0.15) is 0 Å². The van der Waals surface area contributed by atoms with E-state index >= 15 is 0 Å². The van der Waals surface area contributed by atoms with Crippen molar-refractivity contribution in [2.24, 2.45) is 5.92 Å². The van der Waals surface area contributed by atoms with Crippen molar-refractivity contribution in [2.75, 3.05) is 19.6 Å². The Balaban J connectivity index is 1.40. The second-order valence-electron chi connectivity index (χ2n) is 6.38. The molecule has 3 amide bonds. The van der Waals surface area contributed by atoms with Crippen LogP contribution in [-0.4, -0.2) is 48.3 Å². The molecule has 128 valence electrons. The molecule has 0 radical (unpaired) electrons. The van der Waals surface area contributed by atoms with E-state index in [2.05, 4.69) is 10.6 Å². The quantitative estimate of drug-likeness (QED) is 0.762. The molecular formula is C18H23N3O3. The monoisotopic (exact) mass is 329 g/mol. The third-order valence-corrected chi connectivity index (χ3v) is 4.51. The molecule has 1 aliphatic heterocycles. The molecule has 2 aliphatic rings. The van der Waals surface area contributed by atoms with E-state index in [0.29, 0.717) is 25.2 Å². The minimum atomic E-state index is -0.345. The highest BCUT2D eigenvalue weighted by molar-refractivity contribution is 5.94. The summed E-state index contributed by atoms with van der Waals surface area (Å²) in [5, 5.41) is 5.60. The summed E-state index contributed by atoms with van der Waals surface area (Å²) in [6.45, 7) is 1.40. The van der Waals surface area contributed by atoms with E-state index in [1.165, 1.54) is 0 Å². The second kappa shape index (κ2) is 7.47. The molecule has 1 aliphatic carbocycles. The molecule has 1 saturated heterocycles. The molecule has 6 nitrogen and oxygen atoms in total. The highest BCUT2D eigenvalue weighted by Gasteiger charge is 2.40. The number of amides is 3. The summed E-state index contributed by atoms with van der Waals surface area (Å²) in [5.41, 5.74) is 0.598. The molecule has 1 heterocycles. The predicted molar refractivity (Wildman–Crippen MR) is 89.2 cm³/mol. The largest absolute Gasteiger partial charge is 0.353 e. The van der Waals surface area contributed by atoms with Gasteiger partial charge in [-0.05, 0) is 37.8 Å². The van der Waals surface area contributed by atoms with E-state index in [4.69, 9.17) is 0 Å². The Morgan fingerprint density at radius 2 is 1.71 bits per heavy atom. The van der Waals surface area contributed by atoms with Gasteiger partial charge in [0.1, 0.15) is 6.04 Å². The van der Waals surface area contributed by atoms with E-state index in [9.17, 15) is 14.4 Å². The summed E-state index contributed by atoms with van der Waals surface area (Å²) in [6, 6.07) is 8.61. The normalized spacial score (nSPS) is 19.8. The van der Waals surface area contributed by atoms with Crippen molar-refractivity contribution in [1.29, 1.82) is 0 Å². The lowest BCUT2D eigenvalue weighted by atomic mass is 10.2. The first-order chi connectivity index (χ1) is 11.7. The third kappa shape index (κ3) is 3.93. The van der Waals surface area contributed by atoms with E-state index in [1.807, 2.05) is 18.2 Å². The molecule has 0 spiro atoms. The van der Waals surface area contributed by atoms with Crippen LogP contribution in [0.25, 0.3) is 0 Å². The Morgan fingerprint density at radius 3 is 2.42 bits per heavy atom. The van der Waals surface area contributed by atoms with E-state index in [0.717, 1.165) is 25.7 Å². The van der Waals surface area contributed by atoms with Crippen molar-refractivity contribution < 1.29 is 14.4 Å². The van der Waals surface area contributed by atoms with Crippen molar-refractivity contribution in [3.05, 3.63) is 35.9 Å². The molecule has 1 aromatic rings. The van der Waals surface area contributed by atoms with Crippen LogP contribution in [0, 0.1) is 5.92 Å². The summed E-state index contributed by atoms with van der Waals surface area (Å²) < 4.78 is 0. The van der Waals surface area contributed by atoms with Gasteiger partial charge < -0.3 is 15.5 Å². The number of hydrogen-bond donors (Lipinski definition) is 2. The zero-order valence-corrected chi connectivity index (χ0v) is 13.7. The number of hydrogen-bond acceptors (Lipinski definition) is 3. The van der Waals surface area contributed by atoms with Crippen molar-refractivity contribution in [2.45, 2.75) is 31.7 Å². The molecule has 24 heavy (non-hydrogen) atoms. The van der Waals surface area contributed by atoms with E-state index in [-0.39, 0.29) is 29.7 Å². The average molecular weight is 329 g/mol. The number of benzene rings is 1. The molecule has 2 fully saturated rings. The van der Waals surface area contributed by atoms with Crippen LogP contribution in [0.2, 0.25) is 0 Å².